The Labute approximate surface area is 96.9 Å². The lowest BCUT2D eigenvalue weighted by atomic mass is 9.76. The van der Waals surface area contributed by atoms with Crippen LogP contribution >= 0.6 is 0 Å². The van der Waals surface area contributed by atoms with Crippen LogP contribution in [0, 0.1) is 19.7 Å². The minimum Gasteiger partial charge on any atom is -0.330 e. The molecule has 2 N–H and O–H groups in total. The van der Waals surface area contributed by atoms with Gasteiger partial charge in [-0.25, -0.2) is 4.39 Å². The Hall–Kier alpha value is -0.890. The molecular weight excluding hydrogens is 201 g/mol. The van der Waals surface area contributed by atoms with Crippen LogP contribution in [0.4, 0.5) is 4.39 Å². The summed E-state index contributed by atoms with van der Waals surface area (Å²) in [6, 6.07) is 3.73. The van der Waals surface area contributed by atoms with Gasteiger partial charge in [0.1, 0.15) is 5.82 Å². The molecule has 0 heterocycles. The van der Waals surface area contributed by atoms with Gasteiger partial charge >= 0.3 is 0 Å². The number of hydrogen-bond donors (Lipinski definition) is 1. The van der Waals surface area contributed by atoms with Crippen molar-refractivity contribution in [2.24, 2.45) is 5.73 Å². The molecule has 0 amide bonds. The van der Waals surface area contributed by atoms with Crippen LogP contribution in [0.25, 0.3) is 0 Å². The standard InChI is InChI=1S/C14H20FN/c1-10-7-12(11(2)13(15)8-10)14(9-16)5-3-4-6-14/h7-8H,3-6,9,16H2,1-2H3. The third-order valence-electron chi connectivity index (χ3n) is 4.01. The lowest BCUT2D eigenvalue weighted by Gasteiger charge is -2.30. The summed E-state index contributed by atoms with van der Waals surface area (Å²) in [4.78, 5) is 0. The van der Waals surface area contributed by atoms with Crippen molar-refractivity contribution in [3.8, 4) is 0 Å². The molecule has 0 atom stereocenters. The normalized spacial score (nSPS) is 19.0. The van der Waals surface area contributed by atoms with Crippen molar-refractivity contribution in [2.45, 2.75) is 44.9 Å². The molecule has 1 saturated carbocycles. The highest BCUT2D eigenvalue weighted by Crippen LogP contribution is 2.42. The minimum atomic E-state index is -0.0882. The third kappa shape index (κ3) is 1.75. The summed E-state index contributed by atoms with van der Waals surface area (Å²) in [5, 5.41) is 0. The van der Waals surface area contributed by atoms with Gasteiger partial charge in [0.05, 0.1) is 0 Å². The lowest BCUT2D eigenvalue weighted by Crippen LogP contribution is -2.33. The molecule has 1 aliphatic rings. The van der Waals surface area contributed by atoms with E-state index in [-0.39, 0.29) is 11.2 Å². The maximum atomic E-state index is 13.8. The maximum Gasteiger partial charge on any atom is 0.126 e. The first kappa shape index (κ1) is 11.6. The van der Waals surface area contributed by atoms with Gasteiger partial charge in [-0.2, -0.15) is 0 Å². The maximum absolute atomic E-state index is 13.8. The van der Waals surface area contributed by atoms with E-state index < -0.39 is 0 Å². The van der Waals surface area contributed by atoms with Gasteiger partial charge in [0, 0.05) is 12.0 Å². The van der Waals surface area contributed by atoms with Gasteiger partial charge in [-0.15, -0.1) is 0 Å². The highest BCUT2D eigenvalue weighted by Gasteiger charge is 2.35. The van der Waals surface area contributed by atoms with Crippen molar-refractivity contribution in [2.75, 3.05) is 6.54 Å². The summed E-state index contributed by atoms with van der Waals surface area (Å²) >= 11 is 0. The van der Waals surface area contributed by atoms with E-state index in [9.17, 15) is 4.39 Å². The van der Waals surface area contributed by atoms with E-state index in [1.165, 1.54) is 12.8 Å². The molecule has 88 valence electrons. The van der Waals surface area contributed by atoms with Crippen LogP contribution in [0.2, 0.25) is 0 Å². The van der Waals surface area contributed by atoms with E-state index in [1.54, 1.807) is 6.07 Å². The first-order chi connectivity index (χ1) is 7.59. The first-order valence-corrected chi connectivity index (χ1v) is 6.06. The van der Waals surface area contributed by atoms with Gasteiger partial charge in [-0.1, -0.05) is 18.9 Å². The predicted octanol–water partition coefficient (Wildman–Crippen LogP) is 3.21. The van der Waals surface area contributed by atoms with Crippen LogP contribution in [0.15, 0.2) is 12.1 Å². The van der Waals surface area contributed by atoms with Crippen LogP contribution < -0.4 is 5.73 Å². The second-order valence-corrected chi connectivity index (χ2v) is 5.11. The zero-order valence-electron chi connectivity index (χ0n) is 10.1. The largest absolute Gasteiger partial charge is 0.330 e. The fraction of sp³-hybridized carbons (Fsp3) is 0.571. The molecule has 2 heteroatoms. The van der Waals surface area contributed by atoms with Crippen LogP contribution in [0.5, 0.6) is 0 Å². The van der Waals surface area contributed by atoms with Crippen molar-refractivity contribution >= 4 is 0 Å². The van der Waals surface area contributed by atoms with Crippen LogP contribution in [0.3, 0.4) is 0 Å². The second kappa shape index (κ2) is 4.17. The SMILES string of the molecule is Cc1cc(F)c(C)c(C2(CN)CCCC2)c1. The van der Waals surface area contributed by atoms with Gasteiger partial charge in [0.15, 0.2) is 0 Å². The van der Waals surface area contributed by atoms with Crippen molar-refractivity contribution in [3.05, 3.63) is 34.6 Å². The highest BCUT2D eigenvalue weighted by atomic mass is 19.1. The molecule has 1 aromatic carbocycles. The van der Waals surface area contributed by atoms with E-state index in [1.807, 2.05) is 13.8 Å². The number of nitrogens with two attached hydrogens (primary N) is 1. The Kier molecular flexibility index (Phi) is 3.02. The molecule has 2 rings (SSSR count). The van der Waals surface area contributed by atoms with Crippen molar-refractivity contribution in [1.82, 2.24) is 0 Å². The lowest BCUT2D eigenvalue weighted by molar-refractivity contribution is 0.445. The molecular formula is C14H20FN. The molecule has 0 unspecified atom stereocenters. The quantitative estimate of drug-likeness (QED) is 0.815. The summed E-state index contributed by atoms with van der Waals surface area (Å²) < 4.78 is 13.8. The Morgan fingerprint density at radius 2 is 1.88 bits per heavy atom. The monoisotopic (exact) mass is 221 g/mol. The van der Waals surface area contributed by atoms with E-state index in [4.69, 9.17) is 5.73 Å². The molecule has 0 aromatic heterocycles. The van der Waals surface area contributed by atoms with Crippen molar-refractivity contribution in [3.63, 3.8) is 0 Å². The predicted molar refractivity (Wildman–Crippen MR) is 65.1 cm³/mol. The molecule has 1 fully saturated rings. The smallest absolute Gasteiger partial charge is 0.126 e. The Morgan fingerprint density at radius 1 is 1.25 bits per heavy atom. The number of halogens is 1. The Balaban J connectivity index is 2.53. The molecule has 1 aromatic rings. The number of aryl methyl sites for hydroxylation is 1. The fourth-order valence-corrected chi connectivity index (χ4v) is 3.00. The fourth-order valence-electron chi connectivity index (χ4n) is 3.00. The number of hydrogen-bond acceptors (Lipinski definition) is 1. The molecule has 0 aliphatic heterocycles. The number of benzene rings is 1. The summed E-state index contributed by atoms with van der Waals surface area (Å²) in [6.45, 7) is 4.46. The molecule has 1 nitrogen and oxygen atoms in total. The van der Waals surface area contributed by atoms with E-state index in [2.05, 4.69) is 6.07 Å². The molecule has 16 heavy (non-hydrogen) atoms. The van der Waals surface area contributed by atoms with Crippen molar-refractivity contribution < 1.29 is 4.39 Å². The minimum absolute atomic E-state index is 0.0386. The van der Waals surface area contributed by atoms with Gasteiger partial charge in [0.25, 0.3) is 0 Å². The molecule has 0 saturated heterocycles. The average Bonchev–Trinajstić information content (AvgIpc) is 2.73. The second-order valence-electron chi connectivity index (χ2n) is 5.11. The van der Waals surface area contributed by atoms with Gasteiger partial charge in [0.2, 0.25) is 0 Å². The summed E-state index contributed by atoms with van der Waals surface area (Å²) in [5.74, 6) is -0.0882. The zero-order valence-corrected chi connectivity index (χ0v) is 10.1. The first-order valence-electron chi connectivity index (χ1n) is 6.06. The number of rotatable bonds is 2. The van der Waals surface area contributed by atoms with Gasteiger partial charge in [-0.3, -0.25) is 0 Å². The molecule has 1 aliphatic carbocycles. The average molecular weight is 221 g/mol. The molecule has 0 radical (unpaired) electrons. The highest BCUT2D eigenvalue weighted by molar-refractivity contribution is 5.39. The molecule has 0 spiro atoms. The van der Waals surface area contributed by atoms with E-state index >= 15 is 0 Å². The third-order valence-corrected chi connectivity index (χ3v) is 4.01. The van der Waals surface area contributed by atoms with Crippen LogP contribution in [0.1, 0.15) is 42.4 Å². The van der Waals surface area contributed by atoms with Crippen molar-refractivity contribution in [1.29, 1.82) is 0 Å². The molecule has 0 bridgehead atoms. The Morgan fingerprint density at radius 3 is 2.44 bits per heavy atom. The summed E-state index contributed by atoms with van der Waals surface area (Å²) in [6.07, 6.45) is 4.64. The zero-order chi connectivity index (χ0) is 11.8. The summed E-state index contributed by atoms with van der Waals surface area (Å²) in [7, 11) is 0. The topological polar surface area (TPSA) is 26.0 Å². The van der Waals surface area contributed by atoms with E-state index in [0.29, 0.717) is 6.54 Å². The van der Waals surface area contributed by atoms with Crippen LogP contribution in [-0.2, 0) is 5.41 Å². The Bertz CT molecular complexity index is 392. The van der Waals surface area contributed by atoms with Crippen LogP contribution in [-0.4, -0.2) is 6.54 Å². The van der Waals surface area contributed by atoms with Gasteiger partial charge in [-0.05, 0) is 49.4 Å². The van der Waals surface area contributed by atoms with E-state index in [0.717, 1.165) is 29.5 Å². The summed E-state index contributed by atoms with van der Waals surface area (Å²) in [5.41, 5.74) is 8.92. The van der Waals surface area contributed by atoms with Gasteiger partial charge < -0.3 is 5.73 Å².